The van der Waals surface area contributed by atoms with Crippen LogP contribution in [0.15, 0.2) is 22.7 Å². The molecule has 1 rings (SSSR count). The van der Waals surface area contributed by atoms with Gasteiger partial charge in [-0.3, -0.25) is 4.90 Å². The Bertz CT molecular complexity index is 344. The van der Waals surface area contributed by atoms with Crippen molar-refractivity contribution in [2.45, 2.75) is 26.4 Å². The van der Waals surface area contributed by atoms with Gasteiger partial charge in [0.05, 0.1) is 4.47 Å². The minimum absolute atomic E-state index is 0.216. The lowest BCUT2D eigenvalue weighted by atomic mass is 10.2. The number of halogens is 3. The number of benzene rings is 1. The average Bonchev–Trinajstić information content (AvgIpc) is 2.23. The van der Waals surface area contributed by atoms with E-state index in [1.807, 2.05) is 6.07 Å². The third-order valence-corrected chi connectivity index (χ3v) is 3.56. The van der Waals surface area contributed by atoms with Crippen molar-refractivity contribution in [3.63, 3.8) is 0 Å². The summed E-state index contributed by atoms with van der Waals surface area (Å²) in [6.07, 6.45) is 0. The second-order valence-corrected chi connectivity index (χ2v) is 5.14. The largest absolute Gasteiger partial charge is 0.295 e. The zero-order valence-corrected chi connectivity index (χ0v) is 11.9. The fourth-order valence-electron chi connectivity index (χ4n) is 1.52. The summed E-state index contributed by atoms with van der Waals surface area (Å²) in [4.78, 5) is 2.21. The van der Waals surface area contributed by atoms with Gasteiger partial charge < -0.3 is 0 Å². The van der Waals surface area contributed by atoms with Gasteiger partial charge in [0.25, 0.3) is 0 Å². The summed E-state index contributed by atoms with van der Waals surface area (Å²) in [5.41, 5.74) is 0.957. The van der Waals surface area contributed by atoms with Crippen molar-refractivity contribution >= 4 is 27.5 Å². The van der Waals surface area contributed by atoms with E-state index < -0.39 is 0 Å². The van der Waals surface area contributed by atoms with E-state index in [-0.39, 0.29) is 5.82 Å². The highest BCUT2D eigenvalue weighted by molar-refractivity contribution is 9.10. The highest BCUT2D eigenvalue weighted by Crippen LogP contribution is 2.22. The molecule has 0 aromatic heterocycles. The van der Waals surface area contributed by atoms with E-state index in [4.69, 9.17) is 11.6 Å². The second kappa shape index (κ2) is 6.58. The first-order valence-electron chi connectivity index (χ1n) is 5.29. The summed E-state index contributed by atoms with van der Waals surface area (Å²) in [5, 5.41) is 0. The third-order valence-electron chi connectivity index (χ3n) is 2.51. The van der Waals surface area contributed by atoms with Gasteiger partial charge in [-0.15, -0.1) is 11.6 Å². The lowest BCUT2D eigenvalue weighted by Gasteiger charge is -2.26. The standard InChI is InChI=1S/C12H16BrClFN/c1-9(2)16(7-6-14)8-10-4-3-5-11(15)12(10)13/h3-5,9H,6-8H2,1-2H3. The molecule has 0 heterocycles. The van der Waals surface area contributed by atoms with E-state index in [9.17, 15) is 4.39 Å². The van der Waals surface area contributed by atoms with Gasteiger partial charge in [0, 0.05) is 25.0 Å². The Kier molecular flexibility index (Phi) is 5.73. The fourth-order valence-corrected chi connectivity index (χ4v) is 2.12. The van der Waals surface area contributed by atoms with Gasteiger partial charge in [-0.2, -0.15) is 0 Å². The second-order valence-electron chi connectivity index (χ2n) is 3.97. The first kappa shape index (κ1) is 13.9. The molecule has 0 aliphatic heterocycles. The van der Waals surface area contributed by atoms with Crippen LogP contribution in [0.1, 0.15) is 19.4 Å². The first-order valence-corrected chi connectivity index (χ1v) is 6.62. The van der Waals surface area contributed by atoms with Gasteiger partial charge in [-0.05, 0) is 41.4 Å². The molecule has 1 nitrogen and oxygen atoms in total. The van der Waals surface area contributed by atoms with Crippen molar-refractivity contribution in [2.24, 2.45) is 0 Å². The first-order chi connectivity index (χ1) is 7.56. The highest BCUT2D eigenvalue weighted by atomic mass is 79.9. The van der Waals surface area contributed by atoms with Crippen molar-refractivity contribution in [1.29, 1.82) is 0 Å². The molecule has 0 radical (unpaired) electrons. The minimum Gasteiger partial charge on any atom is -0.295 e. The molecule has 1 aromatic rings. The van der Waals surface area contributed by atoms with Gasteiger partial charge in [0.1, 0.15) is 5.82 Å². The molecule has 0 fully saturated rings. The molecule has 0 aliphatic carbocycles. The molecule has 90 valence electrons. The lowest BCUT2D eigenvalue weighted by Crippen LogP contribution is -2.32. The van der Waals surface area contributed by atoms with Crippen molar-refractivity contribution in [3.8, 4) is 0 Å². The molecular weight excluding hydrogens is 292 g/mol. The molecular formula is C12H16BrClFN. The van der Waals surface area contributed by atoms with Gasteiger partial charge >= 0.3 is 0 Å². The number of nitrogens with zero attached hydrogens (tertiary/aromatic N) is 1. The van der Waals surface area contributed by atoms with Crippen LogP contribution in [0, 0.1) is 5.82 Å². The normalized spacial score (nSPS) is 11.4. The van der Waals surface area contributed by atoms with Crippen LogP contribution < -0.4 is 0 Å². The predicted molar refractivity (Wildman–Crippen MR) is 70.4 cm³/mol. The van der Waals surface area contributed by atoms with Crippen molar-refractivity contribution in [2.75, 3.05) is 12.4 Å². The van der Waals surface area contributed by atoms with Crippen LogP contribution in [0.2, 0.25) is 0 Å². The van der Waals surface area contributed by atoms with E-state index in [2.05, 4.69) is 34.7 Å². The number of rotatable bonds is 5. The summed E-state index contributed by atoms with van der Waals surface area (Å²) in [5.74, 6) is 0.373. The zero-order valence-electron chi connectivity index (χ0n) is 9.51. The van der Waals surface area contributed by atoms with E-state index in [0.717, 1.165) is 12.1 Å². The molecule has 1 aromatic carbocycles. The number of hydrogen-bond acceptors (Lipinski definition) is 1. The topological polar surface area (TPSA) is 3.24 Å². The Morgan fingerprint density at radius 3 is 2.69 bits per heavy atom. The van der Waals surface area contributed by atoms with E-state index in [0.29, 0.717) is 22.9 Å². The zero-order chi connectivity index (χ0) is 12.1. The van der Waals surface area contributed by atoms with Gasteiger partial charge in [0.2, 0.25) is 0 Å². The molecule has 4 heteroatoms. The van der Waals surface area contributed by atoms with Crippen LogP contribution >= 0.6 is 27.5 Å². The maximum Gasteiger partial charge on any atom is 0.137 e. The van der Waals surface area contributed by atoms with Crippen LogP contribution in [0.5, 0.6) is 0 Å². The SMILES string of the molecule is CC(C)N(CCCl)Cc1cccc(F)c1Br. The van der Waals surface area contributed by atoms with Crippen LogP contribution in [-0.4, -0.2) is 23.4 Å². The van der Waals surface area contributed by atoms with E-state index in [1.165, 1.54) is 6.07 Å². The molecule has 0 atom stereocenters. The quantitative estimate of drug-likeness (QED) is 0.742. The van der Waals surface area contributed by atoms with E-state index >= 15 is 0 Å². The summed E-state index contributed by atoms with van der Waals surface area (Å²) >= 11 is 9.02. The Hall–Kier alpha value is -0.120. The Morgan fingerprint density at radius 1 is 1.44 bits per heavy atom. The van der Waals surface area contributed by atoms with Crippen molar-refractivity contribution < 1.29 is 4.39 Å². The number of alkyl halides is 1. The fraction of sp³-hybridized carbons (Fsp3) is 0.500. The monoisotopic (exact) mass is 307 g/mol. The van der Waals surface area contributed by atoms with E-state index in [1.54, 1.807) is 6.07 Å². The molecule has 0 spiro atoms. The highest BCUT2D eigenvalue weighted by Gasteiger charge is 2.12. The molecule has 0 amide bonds. The maximum absolute atomic E-state index is 13.3. The van der Waals surface area contributed by atoms with Crippen LogP contribution in [-0.2, 0) is 6.54 Å². The smallest absolute Gasteiger partial charge is 0.137 e. The van der Waals surface area contributed by atoms with Crippen molar-refractivity contribution in [1.82, 2.24) is 4.90 Å². The molecule has 0 N–H and O–H groups in total. The Labute approximate surface area is 110 Å². The molecule has 16 heavy (non-hydrogen) atoms. The van der Waals surface area contributed by atoms with Gasteiger partial charge in [0.15, 0.2) is 0 Å². The Balaban J connectivity index is 2.81. The Morgan fingerprint density at radius 2 is 2.12 bits per heavy atom. The molecule has 0 saturated heterocycles. The molecule has 0 saturated carbocycles. The summed E-state index contributed by atoms with van der Waals surface area (Å²) in [6.45, 7) is 5.74. The van der Waals surface area contributed by atoms with Crippen LogP contribution in [0.3, 0.4) is 0 Å². The number of hydrogen-bond donors (Lipinski definition) is 0. The predicted octanol–water partition coefficient (Wildman–Crippen LogP) is 4.04. The summed E-state index contributed by atoms with van der Waals surface area (Å²) in [7, 11) is 0. The maximum atomic E-state index is 13.3. The summed E-state index contributed by atoms with van der Waals surface area (Å²) < 4.78 is 13.9. The molecule has 0 unspecified atom stereocenters. The molecule has 0 bridgehead atoms. The van der Waals surface area contributed by atoms with Crippen molar-refractivity contribution in [3.05, 3.63) is 34.1 Å². The van der Waals surface area contributed by atoms with Gasteiger partial charge in [-0.25, -0.2) is 4.39 Å². The third kappa shape index (κ3) is 3.72. The average molecular weight is 309 g/mol. The lowest BCUT2D eigenvalue weighted by molar-refractivity contribution is 0.225. The van der Waals surface area contributed by atoms with Gasteiger partial charge in [-0.1, -0.05) is 12.1 Å². The summed E-state index contributed by atoms with van der Waals surface area (Å²) in [6, 6.07) is 5.51. The minimum atomic E-state index is -0.216. The molecule has 0 aliphatic rings. The van der Waals surface area contributed by atoms with Crippen LogP contribution in [0.25, 0.3) is 0 Å². The van der Waals surface area contributed by atoms with Crippen LogP contribution in [0.4, 0.5) is 4.39 Å².